The zero-order valence-corrected chi connectivity index (χ0v) is 15.4. The fourth-order valence-corrected chi connectivity index (χ4v) is 2.18. The topological polar surface area (TPSA) is 88.7 Å². The number of carbonyl (C=O) groups is 2. The average Bonchev–Trinajstić information content (AvgIpc) is 2.65. The summed E-state index contributed by atoms with van der Waals surface area (Å²) in [4.78, 5) is 23.4. The van der Waals surface area contributed by atoms with Gasteiger partial charge in [-0.05, 0) is 36.4 Å². The van der Waals surface area contributed by atoms with Gasteiger partial charge >= 0.3 is 0 Å². The summed E-state index contributed by atoms with van der Waals surface area (Å²) in [7, 11) is 1.57. The fourth-order valence-electron chi connectivity index (χ4n) is 1.84. The van der Waals surface area contributed by atoms with Crippen LogP contribution in [0.1, 0.15) is 0 Å². The first-order valence-electron chi connectivity index (χ1n) is 7.51. The number of halogens is 2. The van der Waals surface area contributed by atoms with E-state index in [1.165, 1.54) is 6.07 Å². The molecule has 0 aliphatic rings. The Bertz CT molecular complexity index is 769. The lowest BCUT2D eigenvalue weighted by molar-refractivity contribution is -0.129. The Morgan fingerprint density at radius 3 is 2.38 bits per heavy atom. The number of carbonyl (C=O) groups excluding carboxylic acids is 2. The molecule has 0 aliphatic carbocycles. The Morgan fingerprint density at radius 2 is 1.69 bits per heavy atom. The maximum Gasteiger partial charge on any atom is 0.276 e. The normalized spacial score (nSPS) is 9.96. The van der Waals surface area contributed by atoms with Crippen LogP contribution in [-0.4, -0.2) is 32.1 Å². The summed E-state index contributed by atoms with van der Waals surface area (Å²) in [5.41, 5.74) is 5.26. The summed E-state index contributed by atoms with van der Waals surface area (Å²) in [5, 5.41) is 3.67. The molecule has 2 aromatic carbocycles. The van der Waals surface area contributed by atoms with Crippen molar-refractivity contribution in [1.29, 1.82) is 0 Å². The Balaban J connectivity index is 1.69. The second-order valence-corrected chi connectivity index (χ2v) is 5.89. The average molecular weight is 398 g/mol. The minimum atomic E-state index is -0.543. The molecule has 0 unspecified atom stereocenters. The van der Waals surface area contributed by atoms with Crippen LogP contribution in [0.5, 0.6) is 11.5 Å². The molecule has 0 bridgehead atoms. The summed E-state index contributed by atoms with van der Waals surface area (Å²) in [6.07, 6.45) is 0. The van der Waals surface area contributed by atoms with E-state index in [1.54, 1.807) is 43.5 Å². The van der Waals surface area contributed by atoms with E-state index < -0.39 is 11.8 Å². The van der Waals surface area contributed by atoms with E-state index in [4.69, 9.17) is 32.7 Å². The number of hydrogen-bond acceptors (Lipinski definition) is 5. The highest BCUT2D eigenvalue weighted by atomic mass is 35.5. The number of hydrazine groups is 1. The number of rotatable bonds is 7. The molecule has 0 heterocycles. The zero-order valence-electron chi connectivity index (χ0n) is 13.8. The number of amides is 2. The summed E-state index contributed by atoms with van der Waals surface area (Å²) in [5.74, 6) is 0.0303. The van der Waals surface area contributed by atoms with E-state index in [0.717, 1.165) is 5.69 Å². The van der Waals surface area contributed by atoms with Gasteiger partial charge in [0, 0.05) is 16.8 Å². The molecular weight excluding hydrogens is 381 g/mol. The molecule has 9 heteroatoms. The molecular formula is C17H17Cl2N3O4. The van der Waals surface area contributed by atoms with Crippen LogP contribution in [0.15, 0.2) is 42.5 Å². The molecule has 2 rings (SSSR count). The minimum Gasteiger partial charge on any atom is -0.497 e. The second kappa shape index (κ2) is 9.74. The van der Waals surface area contributed by atoms with E-state index in [-0.39, 0.29) is 18.9 Å². The van der Waals surface area contributed by atoms with Gasteiger partial charge in [0.1, 0.15) is 11.5 Å². The van der Waals surface area contributed by atoms with E-state index >= 15 is 0 Å². The number of anilines is 1. The number of methoxy groups -OCH3 is 1. The van der Waals surface area contributed by atoms with Crippen molar-refractivity contribution in [2.45, 2.75) is 0 Å². The zero-order chi connectivity index (χ0) is 18.9. The third-order valence-corrected chi connectivity index (χ3v) is 3.68. The van der Waals surface area contributed by atoms with Crippen molar-refractivity contribution in [2.75, 3.05) is 25.6 Å². The van der Waals surface area contributed by atoms with Crippen LogP contribution in [0, 0.1) is 0 Å². The van der Waals surface area contributed by atoms with Crippen molar-refractivity contribution in [3.63, 3.8) is 0 Å². The highest BCUT2D eigenvalue weighted by molar-refractivity contribution is 6.34. The van der Waals surface area contributed by atoms with Crippen LogP contribution in [0.25, 0.3) is 0 Å². The molecule has 0 saturated heterocycles. The third-order valence-electron chi connectivity index (χ3n) is 3.14. The highest BCUT2D eigenvalue weighted by Crippen LogP contribution is 2.27. The highest BCUT2D eigenvalue weighted by Gasteiger charge is 2.08. The van der Waals surface area contributed by atoms with E-state index in [1.807, 2.05) is 0 Å². The molecule has 7 nitrogen and oxygen atoms in total. The molecule has 0 aromatic heterocycles. The van der Waals surface area contributed by atoms with Gasteiger partial charge in [0.05, 0.1) is 18.7 Å². The van der Waals surface area contributed by atoms with Crippen LogP contribution >= 0.6 is 23.2 Å². The summed E-state index contributed by atoms with van der Waals surface area (Å²) < 4.78 is 10.3. The van der Waals surface area contributed by atoms with Crippen LogP contribution in [0.4, 0.5) is 5.69 Å². The lowest BCUT2D eigenvalue weighted by Crippen LogP contribution is -2.45. The van der Waals surface area contributed by atoms with E-state index in [2.05, 4.69) is 16.2 Å². The molecule has 2 amide bonds. The number of hydrogen-bond donors (Lipinski definition) is 3. The summed E-state index contributed by atoms with van der Waals surface area (Å²) >= 11 is 11.8. The fraction of sp³-hybridized carbons (Fsp3) is 0.176. The monoisotopic (exact) mass is 397 g/mol. The van der Waals surface area contributed by atoms with E-state index in [0.29, 0.717) is 15.8 Å². The van der Waals surface area contributed by atoms with Gasteiger partial charge in [-0.3, -0.25) is 20.4 Å². The Morgan fingerprint density at radius 1 is 1.00 bits per heavy atom. The van der Waals surface area contributed by atoms with Gasteiger partial charge in [-0.25, -0.2) is 0 Å². The molecule has 3 N–H and O–H groups in total. The van der Waals surface area contributed by atoms with Crippen LogP contribution in [-0.2, 0) is 9.59 Å². The van der Waals surface area contributed by atoms with Gasteiger partial charge in [0.2, 0.25) is 0 Å². The van der Waals surface area contributed by atoms with Crippen LogP contribution < -0.4 is 25.6 Å². The van der Waals surface area contributed by atoms with Gasteiger partial charge in [0.15, 0.2) is 6.61 Å². The standard InChI is InChI=1S/C17H17Cl2N3O4/c1-25-13-5-3-12(4-6-13)20-9-16(23)21-22-17(24)10-26-15-8-11(18)2-7-14(15)19/h2-8,20H,9-10H2,1H3,(H,21,23)(H,22,24). The van der Waals surface area contributed by atoms with Crippen LogP contribution in [0.2, 0.25) is 10.0 Å². The van der Waals surface area contributed by atoms with Gasteiger partial charge in [0.25, 0.3) is 11.8 Å². The molecule has 0 aliphatic heterocycles. The summed E-state index contributed by atoms with van der Waals surface area (Å²) in [6.45, 7) is -0.347. The van der Waals surface area contributed by atoms with Crippen molar-refractivity contribution in [1.82, 2.24) is 10.9 Å². The number of benzene rings is 2. The molecule has 0 saturated carbocycles. The largest absolute Gasteiger partial charge is 0.497 e. The molecule has 2 aromatic rings. The van der Waals surface area contributed by atoms with Gasteiger partial charge in [-0.2, -0.15) is 0 Å². The van der Waals surface area contributed by atoms with Crippen LogP contribution in [0.3, 0.4) is 0 Å². The molecule has 0 spiro atoms. The van der Waals surface area contributed by atoms with E-state index in [9.17, 15) is 9.59 Å². The quantitative estimate of drug-likeness (QED) is 0.624. The minimum absolute atomic E-state index is 0.0203. The maximum absolute atomic E-state index is 11.7. The van der Waals surface area contributed by atoms with Crippen molar-refractivity contribution in [3.05, 3.63) is 52.5 Å². The Kier molecular flexibility index (Phi) is 7.37. The molecule has 0 radical (unpaired) electrons. The van der Waals surface area contributed by atoms with Gasteiger partial charge in [-0.15, -0.1) is 0 Å². The predicted molar refractivity (Wildman–Crippen MR) is 99.7 cm³/mol. The summed E-state index contributed by atoms with van der Waals surface area (Å²) in [6, 6.07) is 11.7. The smallest absolute Gasteiger partial charge is 0.276 e. The Hall–Kier alpha value is -2.64. The van der Waals surface area contributed by atoms with Crippen molar-refractivity contribution >= 4 is 40.7 Å². The first kappa shape index (κ1) is 19.7. The first-order chi connectivity index (χ1) is 12.5. The molecule has 138 valence electrons. The van der Waals surface area contributed by atoms with Crippen molar-refractivity contribution in [3.8, 4) is 11.5 Å². The van der Waals surface area contributed by atoms with Crippen molar-refractivity contribution < 1.29 is 19.1 Å². The van der Waals surface area contributed by atoms with Gasteiger partial charge in [-0.1, -0.05) is 23.2 Å². The molecule has 0 fully saturated rings. The second-order valence-electron chi connectivity index (χ2n) is 5.04. The number of ether oxygens (including phenoxy) is 2. The first-order valence-corrected chi connectivity index (χ1v) is 8.27. The Labute approximate surface area is 160 Å². The SMILES string of the molecule is COc1ccc(NCC(=O)NNC(=O)COc2cc(Cl)ccc2Cl)cc1. The number of nitrogens with one attached hydrogen (secondary N) is 3. The third kappa shape index (κ3) is 6.34. The van der Waals surface area contributed by atoms with Crippen molar-refractivity contribution in [2.24, 2.45) is 0 Å². The molecule has 0 atom stereocenters. The lowest BCUT2D eigenvalue weighted by atomic mass is 10.3. The lowest BCUT2D eigenvalue weighted by Gasteiger charge is -2.11. The molecule has 26 heavy (non-hydrogen) atoms. The maximum atomic E-state index is 11.7. The van der Waals surface area contributed by atoms with Gasteiger partial charge < -0.3 is 14.8 Å². The predicted octanol–water partition coefficient (Wildman–Crippen LogP) is 2.64.